The number of fused-ring (bicyclic) bond motifs is 1. The summed E-state index contributed by atoms with van der Waals surface area (Å²) < 4.78 is 1.91. The molecule has 1 saturated carbocycles. The Balaban J connectivity index is 1.45. The monoisotopic (exact) mass is 369 g/mol. The predicted octanol–water partition coefficient (Wildman–Crippen LogP) is 3.58. The topological polar surface area (TPSA) is 63.1 Å². The molecule has 0 aromatic carbocycles. The van der Waals surface area contributed by atoms with Gasteiger partial charge in [0.2, 0.25) is 5.95 Å². The number of piperidine rings is 1. The summed E-state index contributed by atoms with van der Waals surface area (Å²) in [6, 6.07) is 3.78. The fourth-order valence-electron chi connectivity index (χ4n) is 4.50. The molecular weight excluding hydrogens is 338 g/mol. The van der Waals surface area contributed by atoms with Gasteiger partial charge in [-0.05, 0) is 57.8 Å². The number of hydrogen-bond donors (Lipinski definition) is 1. The zero-order chi connectivity index (χ0) is 18.5. The maximum absolute atomic E-state index is 12.6. The number of anilines is 1. The van der Waals surface area contributed by atoms with E-state index in [4.69, 9.17) is 4.98 Å². The highest BCUT2D eigenvalue weighted by molar-refractivity contribution is 5.75. The Labute approximate surface area is 161 Å². The van der Waals surface area contributed by atoms with Crippen molar-refractivity contribution < 1.29 is 0 Å². The third kappa shape index (κ3) is 4.49. The molecule has 1 N–H and O–H groups in total. The number of nitrogens with zero attached hydrogens (tertiary/aromatic N) is 4. The molecule has 146 valence electrons. The minimum Gasteiger partial charge on any atom is -0.354 e. The van der Waals surface area contributed by atoms with Gasteiger partial charge in [-0.1, -0.05) is 25.7 Å². The fourth-order valence-corrected chi connectivity index (χ4v) is 4.50. The highest BCUT2D eigenvalue weighted by Crippen LogP contribution is 2.29. The third-order valence-electron chi connectivity index (χ3n) is 5.99. The molecule has 2 fully saturated rings. The molecule has 3 heterocycles. The summed E-state index contributed by atoms with van der Waals surface area (Å²) in [5, 5.41) is 4.31. The summed E-state index contributed by atoms with van der Waals surface area (Å²) in [7, 11) is 0. The van der Waals surface area contributed by atoms with E-state index in [-0.39, 0.29) is 11.6 Å². The summed E-state index contributed by atoms with van der Waals surface area (Å²) in [5.41, 5.74) is 0.840. The SMILES string of the molecule is O=c1ccc2cnc(NCCCN3CCCCC3)nc2n1C1CCCCC1. The van der Waals surface area contributed by atoms with Crippen LogP contribution in [0.3, 0.4) is 0 Å². The number of hydrogen-bond acceptors (Lipinski definition) is 5. The third-order valence-corrected chi connectivity index (χ3v) is 5.99. The van der Waals surface area contributed by atoms with Crippen molar-refractivity contribution in [2.75, 3.05) is 31.5 Å². The average molecular weight is 370 g/mol. The lowest BCUT2D eigenvalue weighted by atomic mass is 9.95. The van der Waals surface area contributed by atoms with Crippen molar-refractivity contribution in [1.82, 2.24) is 19.4 Å². The average Bonchev–Trinajstić information content (AvgIpc) is 2.72. The zero-order valence-electron chi connectivity index (χ0n) is 16.2. The van der Waals surface area contributed by atoms with Crippen LogP contribution in [0.15, 0.2) is 23.1 Å². The molecule has 1 aliphatic carbocycles. The molecular formula is C21H31N5O. The van der Waals surface area contributed by atoms with Crippen molar-refractivity contribution in [2.24, 2.45) is 0 Å². The summed E-state index contributed by atoms with van der Waals surface area (Å²) in [6.45, 7) is 4.47. The van der Waals surface area contributed by atoms with Crippen LogP contribution >= 0.6 is 0 Å². The summed E-state index contributed by atoms with van der Waals surface area (Å²) in [5.74, 6) is 0.635. The molecule has 0 amide bonds. The van der Waals surface area contributed by atoms with Crippen LogP contribution in [0, 0.1) is 0 Å². The largest absolute Gasteiger partial charge is 0.354 e. The van der Waals surface area contributed by atoms with Gasteiger partial charge in [-0.2, -0.15) is 4.98 Å². The van der Waals surface area contributed by atoms with Crippen molar-refractivity contribution in [1.29, 1.82) is 0 Å². The van der Waals surface area contributed by atoms with E-state index in [0.29, 0.717) is 5.95 Å². The normalized spacial score (nSPS) is 19.4. The Kier molecular flexibility index (Phi) is 6.02. The van der Waals surface area contributed by atoms with Crippen LogP contribution in [-0.2, 0) is 0 Å². The Morgan fingerprint density at radius 2 is 1.81 bits per heavy atom. The smallest absolute Gasteiger partial charge is 0.252 e. The van der Waals surface area contributed by atoms with E-state index in [0.717, 1.165) is 43.4 Å². The standard InChI is InChI=1S/C21H31N5O/c27-19-11-10-17-16-23-21(22-12-7-15-25-13-5-2-6-14-25)24-20(17)26(19)18-8-3-1-4-9-18/h10-11,16,18H,1-9,12-15H2,(H,22,23,24). The van der Waals surface area contributed by atoms with Gasteiger partial charge in [-0.25, -0.2) is 4.98 Å². The Morgan fingerprint density at radius 3 is 2.63 bits per heavy atom. The van der Waals surface area contributed by atoms with E-state index in [1.54, 1.807) is 6.07 Å². The molecule has 6 nitrogen and oxygen atoms in total. The van der Waals surface area contributed by atoms with Crippen molar-refractivity contribution in [2.45, 2.75) is 63.8 Å². The minimum atomic E-state index is 0.0594. The first-order valence-electron chi connectivity index (χ1n) is 10.7. The Hall–Kier alpha value is -1.95. The molecule has 0 spiro atoms. The maximum Gasteiger partial charge on any atom is 0.252 e. The lowest BCUT2D eigenvalue weighted by Gasteiger charge is -2.26. The second-order valence-corrected chi connectivity index (χ2v) is 7.99. The molecule has 0 unspecified atom stereocenters. The number of likely N-dealkylation sites (tertiary alicyclic amines) is 1. The molecule has 0 bridgehead atoms. The quantitative estimate of drug-likeness (QED) is 0.789. The van der Waals surface area contributed by atoms with E-state index in [9.17, 15) is 4.79 Å². The highest BCUT2D eigenvalue weighted by Gasteiger charge is 2.19. The van der Waals surface area contributed by atoms with Crippen molar-refractivity contribution in [3.8, 4) is 0 Å². The van der Waals surface area contributed by atoms with Gasteiger partial charge in [-0.15, -0.1) is 0 Å². The summed E-state index contributed by atoms with van der Waals surface area (Å²) >= 11 is 0. The first-order chi connectivity index (χ1) is 13.3. The highest BCUT2D eigenvalue weighted by atomic mass is 16.1. The van der Waals surface area contributed by atoms with Gasteiger partial charge in [0, 0.05) is 30.2 Å². The lowest BCUT2D eigenvalue weighted by molar-refractivity contribution is 0.228. The van der Waals surface area contributed by atoms with E-state index < -0.39 is 0 Å². The van der Waals surface area contributed by atoms with Gasteiger partial charge in [0.1, 0.15) is 5.65 Å². The Morgan fingerprint density at radius 1 is 1.04 bits per heavy atom. The predicted molar refractivity (Wildman–Crippen MR) is 109 cm³/mol. The number of aromatic nitrogens is 3. The number of rotatable bonds is 6. The van der Waals surface area contributed by atoms with Crippen LogP contribution in [-0.4, -0.2) is 45.6 Å². The molecule has 27 heavy (non-hydrogen) atoms. The molecule has 0 radical (unpaired) electrons. The van der Waals surface area contributed by atoms with Gasteiger partial charge in [0.25, 0.3) is 5.56 Å². The summed E-state index contributed by atoms with van der Waals surface area (Å²) in [6.07, 6.45) is 12.8. The Bertz CT molecular complexity index is 806. The van der Waals surface area contributed by atoms with Crippen LogP contribution < -0.4 is 10.9 Å². The molecule has 2 aromatic heterocycles. The van der Waals surface area contributed by atoms with Gasteiger partial charge in [-0.3, -0.25) is 9.36 Å². The molecule has 4 rings (SSSR count). The number of nitrogens with one attached hydrogen (secondary N) is 1. The van der Waals surface area contributed by atoms with Gasteiger partial charge >= 0.3 is 0 Å². The molecule has 2 aliphatic rings. The van der Waals surface area contributed by atoms with Crippen LogP contribution in [0.2, 0.25) is 0 Å². The fraction of sp³-hybridized carbons (Fsp3) is 0.667. The second kappa shape index (κ2) is 8.83. The molecule has 0 atom stereocenters. The van der Waals surface area contributed by atoms with Crippen LogP contribution in [0.25, 0.3) is 11.0 Å². The van der Waals surface area contributed by atoms with Crippen LogP contribution in [0.1, 0.15) is 63.8 Å². The molecule has 1 saturated heterocycles. The minimum absolute atomic E-state index is 0.0594. The lowest BCUT2D eigenvalue weighted by Crippen LogP contribution is -2.31. The maximum atomic E-state index is 12.6. The van der Waals surface area contributed by atoms with E-state index in [1.165, 1.54) is 51.6 Å². The first-order valence-corrected chi connectivity index (χ1v) is 10.7. The summed E-state index contributed by atoms with van der Waals surface area (Å²) in [4.78, 5) is 24.3. The number of pyridine rings is 1. The molecule has 1 aliphatic heterocycles. The van der Waals surface area contributed by atoms with Gasteiger partial charge in [0.05, 0.1) is 0 Å². The van der Waals surface area contributed by atoms with Gasteiger partial charge < -0.3 is 10.2 Å². The van der Waals surface area contributed by atoms with E-state index >= 15 is 0 Å². The zero-order valence-corrected chi connectivity index (χ0v) is 16.2. The second-order valence-electron chi connectivity index (χ2n) is 7.99. The van der Waals surface area contributed by atoms with Crippen LogP contribution in [0.4, 0.5) is 5.95 Å². The van der Waals surface area contributed by atoms with E-state index in [1.807, 2.05) is 16.8 Å². The van der Waals surface area contributed by atoms with Crippen LogP contribution in [0.5, 0.6) is 0 Å². The van der Waals surface area contributed by atoms with Gasteiger partial charge in [0.15, 0.2) is 0 Å². The van der Waals surface area contributed by atoms with Crippen molar-refractivity contribution in [3.05, 3.63) is 28.7 Å². The molecule has 6 heteroatoms. The van der Waals surface area contributed by atoms with Crippen molar-refractivity contribution in [3.63, 3.8) is 0 Å². The first kappa shape index (κ1) is 18.4. The van der Waals surface area contributed by atoms with Crippen molar-refractivity contribution >= 4 is 17.0 Å². The van der Waals surface area contributed by atoms with E-state index in [2.05, 4.69) is 15.2 Å². The molecule has 2 aromatic rings.